The summed E-state index contributed by atoms with van der Waals surface area (Å²) in [4.78, 5) is 38.7. The molecule has 3 rings (SSSR count). The van der Waals surface area contributed by atoms with Gasteiger partial charge in [-0.1, -0.05) is 65.5 Å². The van der Waals surface area contributed by atoms with Gasteiger partial charge in [0, 0.05) is 28.7 Å². The van der Waals surface area contributed by atoms with E-state index in [0.717, 1.165) is 35.7 Å². The Bertz CT molecular complexity index is 975. The minimum atomic E-state index is -0.703. The third-order valence-corrected chi connectivity index (χ3v) is 6.38. The molecular formula is C24H28BrN3O4. The maximum absolute atomic E-state index is 13.3. The van der Waals surface area contributed by atoms with Crippen molar-refractivity contribution in [1.82, 2.24) is 10.2 Å². The Morgan fingerprint density at radius 3 is 2.56 bits per heavy atom. The van der Waals surface area contributed by atoms with E-state index in [1.807, 2.05) is 24.3 Å². The van der Waals surface area contributed by atoms with Gasteiger partial charge >= 0.3 is 0 Å². The first-order valence-corrected chi connectivity index (χ1v) is 11.7. The number of nitro benzene ring substituents is 1. The van der Waals surface area contributed by atoms with E-state index < -0.39 is 11.0 Å². The van der Waals surface area contributed by atoms with Crippen LogP contribution in [-0.4, -0.2) is 33.7 Å². The van der Waals surface area contributed by atoms with Crippen molar-refractivity contribution in [1.29, 1.82) is 0 Å². The minimum Gasteiger partial charge on any atom is -0.352 e. The number of carbonyl (C=O) groups excluding carboxylic acids is 2. The van der Waals surface area contributed by atoms with E-state index in [4.69, 9.17) is 0 Å². The second kappa shape index (κ2) is 11.2. The van der Waals surface area contributed by atoms with Crippen LogP contribution in [0.4, 0.5) is 5.69 Å². The number of halogens is 1. The number of nitrogens with zero attached hydrogens (tertiary/aromatic N) is 2. The van der Waals surface area contributed by atoms with Crippen LogP contribution in [0.3, 0.4) is 0 Å². The average Bonchev–Trinajstić information content (AvgIpc) is 2.78. The van der Waals surface area contributed by atoms with Crippen molar-refractivity contribution in [3.8, 4) is 0 Å². The summed E-state index contributed by atoms with van der Waals surface area (Å²) in [6.07, 6.45) is 5.13. The van der Waals surface area contributed by atoms with Crippen molar-refractivity contribution >= 4 is 33.4 Å². The Morgan fingerprint density at radius 1 is 1.16 bits per heavy atom. The van der Waals surface area contributed by atoms with Gasteiger partial charge < -0.3 is 10.2 Å². The number of para-hydroxylation sites is 1. The van der Waals surface area contributed by atoms with Crippen molar-refractivity contribution in [3.05, 3.63) is 74.2 Å². The molecule has 1 fully saturated rings. The van der Waals surface area contributed by atoms with Crippen molar-refractivity contribution in [2.75, 3.05) is 0 Å². The predicted molar refractivity (Wildman–Crippen MR) is 126 cm³/mol. The third-order valence-electron chi connectivity index (χ3n) is 5.89. The van der Waals surface area contributed by atoms with Gasteiger partial charge in [-0.25, -0.2) is 0 Å². The molecule has 1 N–H and O–H groups in total. The highest BCUT2D eigenvalue weighted by Gasteiger charge is 2.29. The number of amides is 2. The first-order valence-electron chi connectivity index (χ1n) is 10.9. The van der Waals surface area contributed by atoms with Crippen molar-refractivity contribution in [3.63, 3.8) is 0 Å². The molecule has 2 amide bonds. The van der Waals surface area contributed by atoms with Gasteiger partial charge in [0.15, 0.2) is 0 Å². The lowest BCUT2D eigenvalue weighted by molar-refractivity contribution is -0.385. The molecular weight excluding hydrogens is 474 g/mol. The average molecular weight is 502 g/mol. The molecule has 170 valence electrons. The Balaban J connectivity index is 1.81. The maximum atomic E-state index is 13.3. The van der Waals surface area contributed by atoms with Crippen molar-refractivity contribution < 1.29 is 14.5 Å². The third kappa shape index (κ3) is 6.38. The van der Waals surface area contributed by atoms with E-state index in [9.17, 15) is 19.7 Å². The highest BCUT2D eigenvalue weighted by molar-refractivity contribution is 9.10. The number of nitrogens with one attached hydrogen (secondary N) is 1. The fraction of sp³-hybridized carbons (Fsp3) is 0.417. The molecule has 0 aromatic heterocycles. The Hall–Kier alpha value is -2.74. The normalized spacial score (nSPS) is 15.1. The van der Waals surface area contributed by atoms with E-state index in [-0.39, 0.29) is 36.5 Å². The fourth-order valence-electron chi connectivity index (χ4n) is 4.09. The van der Waals surface area contributed by atoms with Crippen molar-refractivity contribution in [2.45, 2.75) is 64.1 Å². The van der Waals surface area contributed by atoms with Crippen LogP contribution in [0.2, 0.25) is 0 Å². The largest absolute Gasteiger partial charge is 0.352 e. The quantitative estimate of drug-likeness (QED) is 0.416. The smallest absolute Gasteiger partial charge is 0.273 e. The summed E-state index contributed by atoms with van der Waals surface area (Å²) in [6.45, 7) is 1.95. The van der Waals surface area contributed by atoms with E-state index in [0.29, 0.717) is 5.56 Å². The SMILES string of the molecule is C[C@H](C(=O)NC1CCCCC1)N(Cc1cccc(Br)c1)C(=O)Cc1ccccc1[N+](=O)[O-]. The van der Waals surface area contributed by atoms with Crippen LogP contribution in [0.5, 0.6) is 0 Å². The molecule has 7 nitrogen and oxygen atoms in total. The van der Waals surface area contributed by atoms with E-state index in [1.165, 1.54) is 17.4 Å². The van der Waals surface area contributed by atoms with Crippen LogP contribution >= 0.6 is 15.9 Å². The number of benzene rings is 2. The van der Waals surface area contributed by atoms with Gasteiger partial charge in [-0.05, 0) is 37.5 Å². The van der Waals surface area contributed by atoms with E-state index in [1.54, 1.807) is 25.1 Å². The zero-order valence-electron chi connectivity index (χ0n) is 18.1. The van der Waals surface area contributed by atoms with E-state index in [2.05, 4.69) is 21.2 Å². The molecule has 32 heavy (non-hydrogen) atoms. The summed E-state index contributed by atoms with van der Waals surface area (Å²) >= 11 is 3.44. The molecule has 1 saturated carbocycles. The molecule has 0 heterocycles. The lowest BCUT2D eigenvalue weighted by Gasteiger charge is -2.31. The minimum absolute atomic E-state index is 0.0948. The summed E-state index contributed by atoms with van der Waals surface area (Å²) in [5.41, 5.74) is 1.11. The van der Waals surface area contributed by atoms with Crippen LogP contribution in [0.1, 0.15) is 50.2 Å². The van der Waals surface area contributed by atoms with Crippen LogP contribution < -0.4 is 5.32 Å². The van der Waals surface area contributed by atoms with Gasteiger partial charge in [-0.3, -0.25) is 19.7 Å². The second-order valence-electron chi connectivity index (χ2n) is 8.23. The maximum Gasteiger partial charge on any atom is 0.273 e. The molecule has 1 aliphatic rings. The molecule has 0 unspecified atom stereocenters. The van der Waals surface area contributed by atoms with Gasteiger partial charge in [0.1, 0.15) is 6.04 Å². The molecule has 0 radical (unpaired) electrons. The molecule has 2 aromatic carbocycles. The van der Waals surface area contributed by atoms with Gasteiger partial charge in [0.2, 0.25) is 11.8 Å². The van der Waals surface area contributed by atoms with Crippen LogP contribution in [0, 0.1) is 10.1 Å². The summed E-state index contributed by atoms with van der Waals surface area (Å²) < 4.78 is 0.875. The lowest BCUT2D eigenvalue weighted by Crippen LogP contribution is -2.50. The standard InChI is InChI=1S/C24H28BrN3O4/c1-17(24(30)26-21-11-3-2-4-12-21)27(16-18-8-7-10-20(25)14-18)23(29)15-19-9-5-6-13-22(19)28(31)32/h5-10,13-14,17,21H,2-4,11-12,15-16H2,1H3,(H,26,30)/t17-/m1/s1. The molecule has 1 aliphatic carbocycles. The molecule has 0 saturated heterocycles. The topological polar surface area (TPSA) is 92.6 Å². The Labute approximate surface area is 196 Å². The molecule has 1 atom stereocenters. The highest BCUT2D eigenvalue weighted by atomic mass is 79.9. The monoisotopic (exact) mass is 501 g/mol. The number of nitro groups is 1. The second-order valence-corrected chi connectivity index (χ2v) is 9.15. The first-order chi connectivity index (χ1) is 15.3. The summed E-state index contributed by atoms with van der Waals surface area (Å²) in [5.74, 6) is -0.520. The molecule has 0 bridgehead atoms. The van der Waals surface area contributed by atoms with E-state index >= 15 is 0 Å². The van der Waals surface area contributed by atoms with Crippen LogP contribution in [-0.2, 0) is 22.6 Å². The lowest BCUT2D eigenvalue weighted by atomic mass is 9.95. The summed E-state index contributed by atoms with van der Waals surface area (Å²) in [6, 6.07) is 13.2. The van der Waals surface area contributed by atoms with Gasteiger partial charge in [-0.15, -0.1) is 0 Å². The number of rotatable bonds is 8. The summed E-state index contributed by atoms with van der Waals surface area (Å²) in [5, 5.41) is 14.5. The first kappa shape index (κ1) is 23.9. The van der Waals surface area contributed by atoms with Gasteiger partial charge in [0.25, 0.3) is 5.69 Å². The number of carbonyl (C=O) groups is 2. The zero-order chi connectivity index (χ0) is 23.1. The molecule has 0 aliphatic heterocycles. The molecule has 8 heteroatoms. The molecule has 2 aromatic rings. The van der Waals surface area contributed by atoms with Crippen molar-refractivity contribution in [2.24, 2.45) is 0 Å². The number of hydrogen-bond donors (Lipinski definition) is 1. The molecule has 0 spiro atoms. The van der Waals surface area contributed by atoms with Crippen LogP contribution in [0.15, 0.2) is 53.0 Å². The number of hydrogen-bond acceptors (Lipinski definition) is 4. The fourth-order valence-corrected chi connectivity index (χ4v) is 4.53. The summed E-state index contributed by atoms with van der Waals surface area (Å²) in [7, 11) is 0. The van der Waals surface area contributed by atoms with Gasteiger partial charge in [-0.2, -0.15) is 0 Å². The highest BCUT2D eigenvalue weighted by Crippen LogP contribution is 2.22. The Morgan fingerprint density at radius 2 is 1.88 bits per heavy atom. The van der Waals surface area contributed by atoms with Gasteiger partial charge in [0.05, 0.1) is 11.3 Å². The Kier molecular flexibility index (Phi) is 8.39. The zero-order valence-corrected chi connectivity index (χ0v) is 19.7. The predicted octanol–water partition coefficient (Wildman–Crippen LogP) is 4.77. The van der Waals surface area contributed by atoms with Crippen LogP contribution in [0.25, 0.3) is 0 Å².